The lowest BCUT2D eigenvalue weighted by molar-refractivity contribution is 0.294. The molecule has 0 aliphatic carbocycles. The van der Waals surface area contributed by atoms with Gasteiger partial charge in [-0.15, -0.1) is 0 Å². The first kappa shape index (κ1) is 19.8. The van der Waals surface area contributed by atoms with Gasteiger partial charge < -0.3 is 10.1 Å². The normalized spacial score (nSPS) is 14.3. The number of nitriles is 1. The van der Waals surface area contributed by atoms with Gasteiger partial charge in [0.15, 0.2) is 17.3 Å². The second-order valence-electron chi connectivity index (χ2n) is 7.26. The quantitative estimate of drug-likeness (QED) is 0.535. The van der Waals surface area contributed by atoms with Crippen LogP contribution in [0, 0.1) is 17.2 Å². The van der Waals surface area contributed by atoms with E-state index in [1.807, 2.05) is 12.1 Å². The van der Waals surface area contributed by atoms with E-state index in [1.54, 1.807) is 13.2 Å². The third-order valence-electron chi connectivity index (χ3n) is 5.29. The number of methoxy groups -OCH3 is 1. The van der Waals surface area contributed by atoms with Crippen molar-refractivity contribution in [3.63, 3.8) is 0 Å². The molecule has 2 aromatic heterocycles. The van der Waals surface area contributed by atoms with Gasteiger partial charge in [0.25, 0.3) is 0 Å². The lowest BCUT2D eigenvalue weighted by atomic mass is 9.90. The molecule has 0 radical (unpaired) electrons. The Bertz CT molecular complexity index is 1040. The third-order valence-corrected chi connectivity index (χ3v) is 5.29. The molecule has 0 unspecified atom stereocenters. The number of nitrogens with zero attached hydrogens (tertiary/aromatic N) is 5. The van der Waals surface area contributed by atoms with Crippen molar-refractivity contribution in [1.29, 1.82) is 5.26 Å². The number of hydrogen-bond donors (Lipinski definition) is 3. The van der Waals surface area contributed by atoms with E-state index in [-0.39, 0.29) is 17.3 Å². The lowest BCUT2D eigenvalue weighted by Crippen LogP contribution is -2.28. The van der Waals surface area contributed by atoms with Crippen LogP contribution in [0.2, 0.25) is 0 Å². The Morgan fingerprint density at radius 3 is 2.73 bits per heavy atom. The minimum atomic E-state index is 0.163. The van der Waals surface area contributed by atoms with Gasteiger partial charge in [0, 0.05) is 11.6 Å². The predicted molar refractivity (Wildman–Crippen MR) is 111 cm³/mol. The van der Waals surface area contributed by atoms with Crippen molar-refractivity contribution in [2.45, 2.75) is 19.3 Å². The van der Waals surface area contributed by atoms with E-state index in [0.29, 0.717) is 11.6 Å². The summed E-state index contributed by atoms with van der Waals surface area (Å²) in [5, 5.41) is 30.5. The predicted octanol–water partition coefficient (Wildman–Crippen LogP) is 2.82. The SMILES string of the molecule is COc1cc(CC2CCNCC2)ccc1-c1cc(N(O)c2cnc(C#N)cn2)n[nH]1. The highest BCUT2D eigenvalue weighted by Crippen LogP contribution is 2.33. The van der Waals surface area contributed by atoms with Gasteiger partial charge in [-0.1, -0.05) is 6.07 Å². The molecular weight excluding hydrogens is 382 g/mol. The molecule has 9 nitrogen and oxygen atoms in total. The molecule has 0 atom stereocenters. The summed E-state index contributed by atoms with van der Waals surface area (Å²) in [5.74, 6) is 1.86. The highest BCUT2D eigenvalue weighted by Gasteiger charge is 2.17. The van der Waals surface area contributed by atoms with E-state index in [2.05, 4.69) is 37.6 Å². The molecule has 0 amide bonds. The first-order valence-corrected chi connectivity index (χ1v) is 9.82. The summed E-state index contributed by atoms with van der Waals surface area (Å²) in [6.07, 6.45) is 6.02. The summed E-state index contributed by atoms with van der Waals surface area (Å²) in [5.41, 5.74) is 2.98. The molecule has 3 N–H and O–H groups in total. The molecule has 1 saturated heterocycles. The maximum Gasteiger partial charge on any atom is 0.181 e. The number of nitrogens with one attached hydrogen (secondary N) is 2. The summed E-state index contributed by atoms with van der Waals surface area (Å²) in [4.78, 5) is 7.92. The lowest BCUT2D eigenvalue weighted by Gasteiger charge is -2.22. The van der Waals surface area contributed by atoms with Crippen LogP contribution in [0.4, 0.5) is 11.6 Å². The zero-order valence-electron chi connectivity index (χ0n) is 16.7. The molecule has 1 fully saturated rings. The van der Waals surface area contributed by atoms with Crippen LogP contribution < -0.4 is 15.1 Å². The van der Waals surface area contributed by atoms with Crippen LogP contribution in [-0.4, -0.2) is 45.6 Å². The Hall–Kier alpha value is -3.48. The maximum atomic E-state index is 10.4. The molecule has 4 rings (SSSR count). The largest absolute Gasteiger partial charge is 0.496 e. The van der Waals surface area contributed by atoms with Crippen LogP contribution in [0.1, 0.15) is 24.1 Å². The molecule has 0 spiro atoms. The monoisotopic (exact) mass is 405 g/mol. The summed E-state index contributed by atoms with van der Waals surface area (Å²) in [6, 6.07) is 9.78. The molecule has 3 aromatic rings. The fraction of sp³-hybridized carbons (Fsp3) is 0.333. The van der Waals surface area contributed by atoms with Crippen LogP contribution in [0.15, 0.2) is 36.7 Å². The molecule has 0 saturated carbocycles. The minimum Gasteiger partial charge on any atom is -0.496 e. The summed E-state index contributed by atoms with van der Waals surface area (Å²) in [7, 11) is 1.65. The van der Waals surface area contributed by atoms with E-state index in [9.17, 15) is 5.21 Å². The first-order chi connectivity index (χ1) is 14.7. The van der Waals surface area contributed by atoms with Crippen LogP contribution in [0.25, 0.3) is 11.3 Å². The topological polar surface area (TPSA) is 123 Å². The first-order valence-electron chi connectivity index (χ1n) is 9.82. The molecule has 1 aromatic carbocycles. The molecule has 154 valence electrons. The number of hydrogen-bond acceptors (Lipinski definition) is 8. The molecular formula is C21H23N7O2. The van der Waals surface area contributed by atoms with Gasteiger partial charge in [0.2, 0.25) is 0 Å². The second kappa shape index (κ2) is 8.90. The molecule has 1 aliphatic rings. The van der Waals surface area contributed by atoms with Crippen LogP contribution in [0.5, 0.6) is 5.75 Å². The van der Waals surface area contributed by atoms with E-state index >= 15 is 0 Å². The average Bonchev–Trinajstić information content (AvgIpc) is 3.29. The molecule has 3 heterocycles. The van der Waals surface area contributed by atoms with Gasteiger partial charge >= 0.3 is 0 Å². The number of benzene rings is 1. The smallest absolute Gasteiger partial charge is 0.181 e. The van der Waals surface area contributed by atoms with Crippen LogP contribution in [0.3, 0.4) is 0 Å². The standard InChI is InChI=1S/C21H23N7O2/c1-30-19-9-15(8-14-4-6-23-7-5-14)2-3-17(19)18-10-20(27-26-18)28(29)21-13-24-16(11-22)12-25-21/h2-3,9-10,12-14,23,29H,4-8H2,1H3,(H,26,27). The van der Waals surface area contributed by atoms with Crippen molar-refractivity contribution < 1.29 is 9.94 Å². The number of H-pyrrole nitrogens is 1. The number of aromatic amines is 1. The Kier molecular flexibility index (Phi) is 5.88. The number of rotatable bonds is 6. The van der Waals surface area contributed by atoms with Crippen molar-refractivity contribution >= 4 is 11.6 Å². The summed E-state index contributed by atoms with van der Waals surface area (Å²) >= 11 is 0. The van der Waals surface area contributed by atoms with Crippen molar-refractivity contribution in [3.05, 3.63) is 47.9 Å². The highest BCUT2D eigenvalue weighted by atomic mass is 16.5. The van der Waals surface area contributed by atoms with Gasteiger partial charge in [-0.2, -0.15) is 15.4 Å². The maximum absolute atomic E-state index is 10.4. The second-order valence-corrected chi connectivity index (χ2v) is 7.26. The van der Waals surface area contributed by atoms with Crippen LogP contribution in [-0.2, 0) is 6.42 Å². The van der Waals surface area contributed by atoms with Gasteiger partial charge in [0.1, 0.15) is 11.8 Å². The van der Waals surface area contributed by atoms with E-state index in [1.165, 1.54) is 30.8 Å². The third kappa shape index (κ3) is 4.25. The Morgan fingerprint density at radius 1 is 1.20 bits per heavy atom. The minimum absolute atomic E-state index is 0.163. The Balaban J connectivity index is 1.53. The number of aromatic nitrogens is 4. The zero-order valence-corrected chi connectivity index (χ0v) is 16.7. The average molecular weight is 405 g/mol. The molecule has 9 heteroatoms. The molecule has 1 aliphatic heterocycles. The zero-order chi connectivity index (χ0) is 20.9. The number of anilines is 2. The number of ether oxygens (including phenoxy) is 1. The Morgan fingerprint density at radius 2 is 2.03 bits per heavy atom. The van der Waals surface area contributed by atoms with Crippen molar-refractivity contribution in [2.75, 3.05) is 25.3 Å². The van der Waals surface area contributed by atoms with Crippen molar-refractivity contribution in [1.82, 2.24) is 25.5 Å². The highest BCUT2D eigenvalue weighted by molar-refractivity contribution is 5.71. The van der Waals surface area contributed by atoms with Gasteiger partial charge in [-0.25, -0.2) is 9.97 Å². The molecule has 0 bridgehead atoms. The van der Waals surface area contributed by atoms with Gasteiger partial charge in [-0.05, 0) is 56.0 Å². The van der Waals surface area contributed by atoms with Gasteiger partial charge in [-0.3, -0.25) is 10.3 Å². The summed E-state index contributed by atoms with van der Waals surface area (Å²) < 4.78 is 5.62. The van der Waals surface area contributed by atoms with Crippen molar-refractivity contribution in [2.24, 2.45) is 5.92 Å². The van der Waals surface area contributed by atoms with Crippen LogP contribution >= 0.6 is 0 Å². The Labute approximate surface area is 174 Å². The fourth-order valence-electron chi connectivity index (χ4n) is 3.67. The van der Waals surface area contributed by atoms with E-state index in [0.717, 1.165) is 35.9 Å². The van der Waals surface area contributed by atoms with Gasteiger partial charge in [0.05, 0.1) is 25.2 Å². The summed E-state index contributed by atoms with van der Waals surface area (Å²) in [6.45, 7) is 2.16. The van der Waals surface area contributed by atoms with E-state index in [4.69, 9.17) is 10.00 Å². The number of piperidine rings is 1. The molecule has 30 heavy (non-hydrogen) atoms. The fourth-order valence-corrected chi connectivity index (χ4v) is 3.67. The van der Waals surface area contributed by atoms with E-state index < -0.39 is 0 Å². The van der Waals surface area contributed by atoms with Crippen molar-refractivity contribution in [3.8, 4) is 23.1 Å².